The van der Waals surface area contributed by atoms with Crippen molar-refractivity contribution in [2.45, 2.75) is 13.3 Å². The van der Waals surface area contributed by atoms with Crippen LogP contribution >= 0.6 is 0 Å². The lowest BCUT2D eigenvalue weighted by Crippen LogP contribution is -1.99. The van der Waals surface area contributed by atoms with Crippen LogP contribution in [0.4, 0.5) is 5.95 Å². The van der Waals surface area contributed by atoms with Gasteiger partial charge in [0, 0.05) is 18.1 Å². The normalized spacial score (nSPS) is 14.1. The summed E-state index contributed by atoms with van der Waals surface area (Å²) in [4.78, 5) is 4.10. The van der Waals surface area contributed by atoms with Gasteiger partial charge < -0.3 is 19.9 Å². The predicted molar refractivity (Wildman–Crippen MR) is 83.0 cm³/mol. The zero-order valence-electron chi connectivity index (χ0n) is 12.6. The van der Waals surface area contributed by atoms with Gasteiger partial charge in [-0.2, -0.15) is 5.10 Å². The molecule has 1 aliphatic rings. The Kier molecular flexibility index (Phi) is 3.86. The molecule has 0 fully saturated rings. The Hall–Kier alpha value is -2.70. The number of hydrogen-bond donors (Lipinski definition) is 1. The number of fused-ring (bicyclic) bond motifs is 1. The summed E-state index contributed by atoms with van der Waals surface area (Å²) in [7, 11) is 1.60. The molecule has 2 heterocycles. The molecule has 0 unspecified atom stereocenters. The Morgan fingerprint density at radius 3 is 2.68 bits per heavy atom. The van der Waals surface area contributed by atoms with Crippen molar-refractivity contribution in [3.63, 3.8) is 0 Å². The van der Waals surface area contributed by atoms with Crippen LogP contribution in [-0.2, 0) is 0 Å². The molecular weight excluding hydrogens is 284 g/mol. The fourth-order valence-electron chi connectivity index (χ4n) is 2.20. The molecule has 116 valence electrons. The van der Waals surface area contributed by atoms with Gasteiger partial charge in [0.2, 0.25) is 5.95 Å². The number of benzene rings is 1. The Labute approximate surface area is 128 Å². The maximum absolute atomic E-state index is 5.77. The minimum absolute atomic E-state index is 0.335. The minimum atomic E-state index is 0.335. The molecule has 22 heavy (non-hydrogen) atoms. The number of nitrogens with zero attached hydrogens (tertiary/aromatic N) is 3. The Balaban J connectivity index is 1.95. The van der Waals surface area contributed by atoms with Crippen LogP contribution in [0.1, 0.15) is 17.7 Å². The molecule has 2 aromatic rings. The molecule has 0 bridgehead atoms. The van der Waals surface area contributed by atoms with Crippen LogP contribution in [0.3, 0.4) is 0 Å². The van der Waals surface area contributed by atoms with Gasteiger partial charge in [-0.15, -0.1) is 0 Å². The summed E-state index contributed by atoms with van der Waals surface area (Å²) in [5, 5.41) is 4.31. The van der Waals surface area contributed by atoms with E-state index in [1.807, 2.05) is 19.1 Å². The molecule has 0 aliphatic carbocycles. The molecule has 7 nitrogen and oxygen atoms in total. The van der Waals surface area contributed by atoms with Crippen LogP contribution in [0.15, 0.2) is 23.4 Å². The third-order valence-electron chi connectivity index (χ3n) is 3.26. The monoisotopic (exact) mass is 302 g/mol. The Bertz CT molecular complexity index is 709. The van der Waals surface area contributed by atoms with E-state index in [4.69, 9.17) is 19.9 Å². The van der Waals surface area contributed by atoms with Gasteiger partial charge in [-0.05, 0) is 13.0 Å². The van der Waals surface area contributed by atoms with Crippen molar-refractivity contribution in [1.82, 2.24) is 9.66 Å². The van der Waals surface area contributed by atoms with Gasteiger partial charge >= 0.3 is 0 Å². The topological polar surface area (TPSA) is 83.9 Å². The highest BCUT2D eigenvalue weighted by molar-refractivity contribution is 5.85. The largest absolute Gasteiger partial charge is 0.496 e. The maximum Gasteiger partial charge on any atom is 0.221 e. The van der Waals surface area contributed by atoms with Crippen LogP contribution in [0, 0.1) is 6.92 Å². The van der Waals surface area contributed by atoms with Crippen LogP contribution in [0.2, 0.25) is 0 Å². The van der Waals surface area contributed by atoms with Crippen molar-refractivity contribution in [3.8, 4) is 17.2 Å². The van der Waals surface area contributed by atoms with Crippen molar-refractivity contribution in [2.75, 3.05) is 26.1 Å². The van der Waals surface area contributed by atoms with E-state index >= 15 is 0 Å². The molecule has 0 atom stereocenters. The average molecular weight is 302 g/mol. The van der Waals surface area contributed by atoms with Gasteiger partial charge in [-0.25, -0.2) is 9.66 Å². The van der Waals surface area contributed by atoms with Crippen LogP contribution in [0.25, 0.3) is 0 Å². The molecule has 1 aromatic carbocycles. The van der Waals surface area contributed by atoms with Crippen molar-refractivity contribution < 1.29 is 14.2 Å². The first-order valence-corrected chi connectivity index (χ1v) is 7.01. The van der Waals surface area contributed by atoms with Gasteiger partial charge in [0.1, 0.15) is 5.75 Å². The number of hydrogen-bond acceptors (Lipinski definition) is 6. The number of aromatic nitrogens is 2. The van der Waals surface area contributed by atoms with Crippen molar-refractivity contribution in [3.05, 3.63) is 29.6 Å². The fourth-order valence-corrected chi connectivity index (χ4v) is 2.20. The minimum Gasteiger partial charge on any atom is -0.496 e. The van der Waals surface area contributed by atoms with Crippen LogP contribution in [0.5, 0.6) is 17.2 Å². The zero-order valence-corrected chi connectivity index (χ0v) is 12.6. The highest BCUT2D eigenvalue weighted by atomic mass is 16.5. The summed E-state index contributed by atoms with van der Waals surface area (Å²) in [5.74, 6) is 2.37. The molecule has 7 heteroatoms. The van der Waals surface area contributed by atoms with Crippen LogP contribution < -0.4 is 19.9 Å². The number of methoxy groups -OCH3 is 1. The fraction of sp³-hybridized carbons (Fsp3) is 0.333. The molecule has 0 spiro atoms. The summed E-state index contributed by atoms with van der Waals surface area (Å²) in [5.41, 5.74) is 7.35. The lowest BCUT2D eigenvalue weighted by molar-refractivity contribution is 0.296. The van der Waals surface area contributed by atoms with Gasteiger partial charge in [-0.1, -0.05) is 0 Å². The predicted octanol–water partition coefficient (Wildman–Crippen LogP) is 1.83. The molecule has 0 saturated carbocycles. The molecule has 1 aliphatic heterocycles. The summed E-state index contributed by atoms with van der Waals surface area (Å²) >= 11 is 0. The average Bonchev–Trinajstić information content (AvgIpc) is 2.71. The van der Waals surface area contributed by atoms with E-state index in [2.05, 4.69) is 10.1 Å². The third-order valence-corrected chi connectivity index (χ3v) is 3.26. The van der Waals surface area contributed by atoms with Crippen molar-refractivity contribution in [2.24, 2.45) is 5.10 Å². The molecule has 0 amide bonds. The lowest BCUT2D eigenvalue weighted by Gasteiger charge is -2.11. The summed E-state index contributed by atoms with van der Waals surface area (Å²) in [6.07, 6.45) is 4.26. The number of ether oxygens (including phenoxy) is 3. The number of anilines is 1. The standard InChI is InChI=1S/C15H18N4O3/c1-10-9-19(15(16)18-10)17-8-11-6-13-14(7-12(11)20-2)22-5-3-4-21-13/h6-9H,3-5H2,1-2H3,(H2,16,18). The van der Waals surface area contributed by atoms with Gasteiger partial charge in [0.15, 0.2) is 11.5 Å². The highest BCUT2D eigenvalue weighted by Crippen LogP contribution is 2.35. The first-order valence-electron chi connectivity index (χ1n) is 7.01. The van der Waals surface area contributed by atoms with Crippen molar-refractivity contribution >= 4 is 12.2 Å². The summed E-state index contributed by atoms with van der Waals surface area (Å²) < 4.78 is 18.2. The van der Waals surface area contributed by atoms with E-state index in [9.17, 15) is 0 Å². The second kappa shape index (κ2) is 5.97. The van der Waals surface area contributed by atoms with E-state index in [1.54, 1.807) is 19.5 Å². The van der Waals surface area contributed by atoms with E-state index in [1.165, 1.54) is 4.68 Å². The van der Waals surface area contributed by atoms with E-state index in [-0.39, 0.29) is 0 Å². The molecule has 2 N–H and O–H groups in total. The Morgan fingerprint density at radius 1 is 1.32 bits per heavy atom. The molecule has 0 radical (unpaired) electrons. The van der Waals surface area contributed by atoms with Gasteiger partial charge in [0.05, 0.1) is 38.4 Å². The molecule has 0 saturated heterocycles. The first kappa shape index (κ1) is 14.2. The quantitative estimate of drug-likeness (QED) is 0.874. The SMILES string of the molecule is COc1cc2c(cc1C=Nn1cc(C)nc1N)OCCCO2. The van der Waals surface area contributed by atoms with E-state index in [0.717, 1.165) is 17.7 Å². The number of rotatable bonds is 3. The van der Waals surface area contributed by atoms with Crippen LogP contribution in [-0.4, -0.2) is 36.2 Å². The van der Waals surface area contributed by atoms with Gasteiger partial charge in [-0.3, -0.25) is 0 Å². The smallest absolute Gasteiger partial charge is 0.221 e. The summed E-state index contributed by atoms with van der Waals surface area (Å²) in [6, 6.07) is 3.66. The first-order chi connectivity index (χ1) is 10.7. The van der Waals surface area contributed by atoms with E-state index in [0.29, 0.717) is 36.4 Å². The maximum atomic E-state index is 5.77. The Morgan fingerprint density at radius 2 is 2.05 bits per heavy atom. The number of aryl methyl sites for hydroxylation is 1. The van der Waals surface area contributed by atoms with Crippen molar-refractivity contribution in [1.29, 1.82) is 0 Å². The van der Waals surface area contributed by atoms with Gasteiger partial charge in [0.25, 0.3) is 0 Å². The molecular formula is C15H18N4O3. The number of nitrogens with two attached hydrogens (primary N) is 1. The third kappa shape index (κ3) is 2.83. The molecule has 3 rings (SSSR count). The second-order valence-corrected chi connectivity index (χ2v) is 4.92. The zero-order chi connectivity index (χ0) is 15.5. The second-order valence-electron chi connectivity index (χ2n) is 4.92. The number of nitrogen functional groups attached to an aromatic ring is 1. The number of imidazole rings is 1. The highest BCUT2D eigenvalue weighted by Gasteiger charge is 2.14. The lowest BCUT2D eigenvalue weighted by atomic mass is 10.2. The summed E-state index contributed by atoms with van der Waals surface area (Å²) in [6.45, 7) is 3.12. The molecule has 1 aromatic heterocycles. The van der Waals surface area contributed by atoms with E-state index < -0.39 is 0 Å².